The van der Waals surface area contributed by atoms with Gasteiger partial charge in [-0.1, -0.05) is 30.3 Å². The van der Waals surface area contributed by atoms with Gasteiger partial charge in [0.05, 0.1) is 11.9 Å². The number of H-pyrrole nitrogens is 1. The number of carbonyl (C=O) groups excluding carboxylic acids is 1. The van der Waals surface area contributed by atoms with E-state index in [0.29, 0.717) is 31.5 Å². The summed E-state index contributed by atoms with van der Waals surface area (Å²) >= 11 is 0. The van der Waals surface area contributed by atoms with E-state index in [1.54, 1.807) is 0 Å². The standard InChI is InChI=1S/C21H26N6O/c1-13-14(2)25-21-18(13)20(26-19(27-21)15-6-4-3-5-7-15)23-11-10-22-17(28)12-24-16-8-9-16/h3-7,16,24H,8-12H2,1-2H3,(H,22,28)(H2,23,25,26,27). The van der Waals surface area contributed by atoms with Crippen LogP contribution < -0.4 is 16.0 Å². The molecule has 0 spiro atoms. The zero-order valence-corrected chi connectivity index (χ0v) is 16.3. The predicted molar refractivity (Wildman–Crippen MR) is 111 cm³/mol. The maximum absolute atomic E-state index is 11.9. The molecular weight excluding hydrogens is 352 g/mol. The maximum atomic E-state index is 11.9. The van der Waals surface area contributed by atoms with E-state index >= 15 is 0 Å². The number of benzene rings is 1. The van der Waals surface area contributed by atoms with Crippen LogP contribution in [0.25, 0.3) is 22.4 Å². The average molecular weight is 378 g/mol. The molecule has 1 aliphatic carbocycles. The van der Waals surface area contributed by atoms with E-state index in [1.807, 2.05) is 37.3 Å². The minimum absolute atomic E-state index is 0.0279. The first-order chi connectivity index (χ1) is 13.6. The van der Waals surface area contributed by atoms with Crippen molar-refractivity contribution in [3.63, 3.8) is 0 Å². The van der Waals surface area contributed by atoms with Gasteiger partial charge >= 0.3 is 0 Å². The van der Waals surface area contributed by atoms with Gasteiger partial charge in [-0.3, -0.25) is 4.79 Å². The molecule has 28 heavy (non-hydrogen) atoms. The van der Waals surface area contributed by atoms with Crippen LogP contribution in [-0.2, 0) is 4.79 Å². The number of hydrogen-bond donors (Lipinski definition) is 4. The van der Waals surface area contributed by atoms with Crippen LogP contribution in [0.5, 0.6) is 0 Å². The number of fused-ring (bicyclic) bond motifs is 1. The largest absolute Gasteiger partial charge is 0.368 e. The summed E-state index contributed by atoms with van der Waals surface area (Å²) in [6.07, 6.45) is 2.36. The van der Waals surface area contributed by atoms with Crippen molar-refractivity contribution in [2.45, 2.75) is 32.7 Å². The number of aryl methyl sites for hydroxylation is 2. The molecule has 3 aromatic rings. The van der Waals surface area contributed by atoms with Crippen molar-refractivity contribution in [2.75, 3.05) is 25.0 Å². The van der Waals surface area contributed by atoms with Crippen LogP contribution in [0, 0.1) is 13.8 Å². The third kappa shape index (κ3) is 4.14. The van der Waals surface area contributed by atoms with Crippen molar-refractivity contribution in [1.82, 2.24) is 25.6 Å². The number of aromatic amines is 1. The van der Waals surface area contributed by atoms with Crippen LogP contribution in [0.4, 0.5) is 5.82 Å². The lowest BCUT2D eigenvalue weighted by Gasteiger charge is -2.11. The quantitative estimate of drug-likeness (QED) is 0.452. The number of carbonyl (C=O) groups is 1. The molecule has 1 saturated carbocycles. The maximum Gasteiger partial charge on any atom is 0.234 e. The summed E-state index contributed by atoms with van der Waals surface area (Å²) in [4.78, 5) is 24.7. The van der Waals surface area contributed by atoms with Crippen LogP contribution in [-0.4, -0.2) is 46.5 Å². The summed E-state index contributed by atoms with van der Waals surface area (Å²) in [6, 6.07) is 10.5. The smallest absolute Gasteiger partial charge is 0.234 e. The van der Waals surface area contributed by atoms with Crippen molar-refractivity contribution >= 4 is 22.8 Å². The topological polar surface area (TPSA) is 94.7 Å². The first kappa shape index (κ1) is 18.4. The molecule has 0 bridgehead atoms. The van der Waals surface area contributed by atoms with Crippen molar-refractivity contribution in [3.05, 3.63) is 41.6 Å². The Hall–Kier alpha value is -2.93. The van der Waals surface area contributed by atoms with E-state index < -0.39 is 0 Å². The third-order valence-electron chi connectivity index (χ3n) is 5.05. The van der Waals surface area contributed by atoms with Gasteiger partial charge < -0.3 is 20.9 Å². The molecule has 0 atom stereocenters. The number of rotatable bonds is 8. The van der Waals surface area contributed by atoms with E-state index in [4.69, 9.17) is 9.97 Å². The Balaban J connectivity index is 1.47. The molecule has 1 amide bonds. The van der Waals surface area contributed by atoms with E-state index in [1.165, 1.54) is 12.8 Å². The van der Waals surface area contributed by atoms with Crippen molar-refractivity contribution in [1.29, 1.82) is 0 Å². The molecular formula is C21H26N6O. The van der Waals surface area contributed by atoms with Crippen LogP contribution >= 0.6 is 0 Å². The van der Waals surface area contributed by atoms with Crippen LogP contribution in [0.1, 0.15) is 24.1 Å². The highest BCUT2D eigenvalue weighted by atomic mass is 16.1. The molecule has 7 heteroatoms. The first-order valence-corrected chi connectivity index (χ1v) is 9.78. The fraction of sp³-hybridized carbons (Fsp3) is 0.381. The molecule has 0 radical (unpaired) electrons. The number of nitrogens with zero attached hydrogens (tertiary/aromatic N) is 2. The summed E-state index contributed by atoms with van der Waals surface area (Å²) in [7, 11) is 0. The monoisotopic (exact) mass is 378 g/mol. The van der Waals surface area contributed by atoms with Crippen LogP contribution in [0.15, 0.2) is 30.3 Å². The van der Waals surface area contributed by atoms with Gasteiger partial charge in [0.2, 0.25) is 5.91 Å². The molecule has 1 aliphatic rings. The number of anilines is 1. The average Bonchev–Trinajstić information content (AvgIpc) is 3.49. The first-order valence-electron chi connectivity index (χ1n) is 9.78. The number of nitrogens with one attached hydrogen (secondary N) is 4. The predicted octanol–water partition coefficient (Wildman–Crippen LogP) is 2.52. The molecule has 146 valence electrons. The van der Waals surface area contributed by atoms with Crippen molar-refractivity contribution in [3.8, 4) is 11.4 Å². The van der Waals surface area contributed by atoms with Crippen molar-refractivity contribution in [2.24, 2.45) is 0 Å². The van der Waals surface area contributed by atoms with Gasteiger partial charge in [0, 0.05) is 30.4 Å². The molecule has 1 fully saturated rings. The third-order valence-corrected chi connectivity index (χ3v) is 5.05. The minimum Gasteiger partial charge on any atom is -0.368 e. The van der Waals surface area contributed by atoms with E-state index in [9.17, 15) is 4.79 Å². The van der Waals surface area contributed by atoms with E-state index in [-0.39, 0.29) is 5.91 Å². The number of amides is 1. The van der Waals surface area contributed by atoms with E-state index in [2.05, 4.69) is 27.9 Å². The summed E-state index contributed by atoms with van der Waals surface area (Å²) in [5, 5.41) is 10.5. The zero-order chi connectivity index (χ0) is 19.5. The summed E-state index contributed by atoms with van der Waals surface area (Å²) < 4.78 is 0. The van der Waals surface area contributed by atoms with Crippen LogP contribution in [0.2, 0.25) is 0 Å². The Labute approximate surface area is 164 Å². The van der Waals surface area contributed by atoms with Crippen LogP contribution in [0.3, 0.4) is 0 Å². The Morgan fingerprint density at radius 3 is 2.68 bits per heavy atom. The second-order valence-corrected chi connectivity index (χ2v) is 7.29. The second-order valence-electron chi connectivity index (χ2n) is 7.29. The molecule has 4 N–H and O–H groups in total. The fourth-order valence-corrected chi connectivity index (χ4v) is 3.18. The lowest BCUT2D eigenvalue weighted by molar-refractivity contribution is -0.120. The lowest BCUT2D eigenvalue weighted by Crippen LogP contribution is -2.37. The molecule has 7 nitrogen and oxygen atoms in total. The molecule has 0 unspecified atom stereocenters. The molecule has 4 rings (SSSR count). The van der Waals surface area contributed by atoms with Gasteiger partial charge in [0.15, 0.2) is 5.82 Å². The summed E-state index contributed by atoms with van der Waals surface area (Å²) in [6.45, 7) is 5.63. The van der Waals surface area contributed by atoms with E-state index in [0.717, 1.165) is 33.7 Å². The van der Waals surface area contributed by atoms with Crippen molar-refractivity contribution < 1.29 is 4.79 Å². The SMILES string of the molecule is Cc1[nH]c2nc(-c3ccccc3)nc(NCCNC(=O)CNC3CC3)c2c1C. The second kappa shape index (κ2) is 7.98. The van der Waals surface area contributed by atoms with Gasteiger partial charge in [-0.05, 0) is 32.3 Å². The summed E-state index contributed by atoms with van der Waals surface area (Å²) in [5.74, 6) is 1.49. The van der Waals surface area contributed by atoms with Gasteiger partial charge in [-0.15, -0.1) is 0 Å². The Bertz CT molecular complexity index is 977. The Morgan fingerprint density at radius 1 is 1.14 bits per heavy atom. The van der Waals surface area contributed by atoms with Gasteiger partial charge in [0.25, 0.3) is 0 Å². The molecule has 2 aromatic heterocycles. The molecule has 0 aliphatic heterocycles. The minimum atomic E-state index is 0.0279. The highest BCUT2D eigenvalue weighted by Gasteiger charge is 2.21. The molecule has 0 saturated heterocycles. The number of aromatic nitrogens is 3. The molecule has 2 heterocycles. The highest BCUT2D eigenvalue weighted by molar-refractivity contribution is 5.92. The lowest BCUT2D eigenvalue weighted by atomic mass is 10.2. The summed E-state index contributed by atoms with van der Waals surface area (Å²) in [5.41, 5.74) is 4.01. The van der Waals surface area contributed by atoms with Gasteiger partial charge in [-0.25, -0.2) is 9.97 Å². The Morgan fingerprint density at radius 2 is 1.93 bits per heavy atom. The van der Waals surface area contributed by atoms with Gasteiger partial charge in [0.1, 0.15) is 11.5 Å². The number of hydrogen-bond acceptors (Lipinski definition) is 5. The molecule has 1 aromatic carbocycles. The Kier molecular flexibility index (Phi) is 5.25. The zero-order valence-electron chi connectivity index (χ0n) is 16.3. The highest BCUT2D eigenvalue weighted by Crippen LogP contribution is 2.29. The van der Waals surface area contributed by atoms with Gasteiger partial charge in [-0.2, -0.15) is 0 Å². The normalized spacial score (nSPS) is 13.6. The fourth-order valence-electron chi connectivity index (χ4n) is 3.18.